The number of carbonyl (C=O) groups excluding carboxylic acids is 2. The SMILES string of the molecule is CC/C(=C\NC)C(=O)c1nn(-c2ccc(C(N)=O)cc2)ccc1=O. The van der Waals surface area contributed by atoms with Crippen LogP contribution in [0.5, 0.6) is 0 Å². The van der Waals surface area contributed by atoms with Crippen LogP contribution < -0.4 is 16.5 Å². The lowest BCUT2D eigenvalue weighted by Gasteiger charge is -2.08. The number of nitrogens with two attached hydrogens (primary N) is 1. The molecule has 0 radical (unpaired) electrons. The number of carbonyl (C=O) groups is 2. The molecule has 0 bridgehead atoms. The van der Waals surface area contributed by atoms with Crippen molar-refractivity contribution < 1.29 is 9.59 Å². The fourth-order valence-electron chi connectivity index (χ4n) is 2.14. The number of hydrogen-bond donors (Lipinski definition) is 2. The Kier molecular flexibility index (Phi) is 5.26. The van der Waals surface area contributed by atoms with E-state index in [1.54, 1.807) is 37.5 Å². The average Bonchev–Trinajstić information content (AvgIpc) is 2.59. The number of nitrogens with one attached hydrogen (secondary N) is 1. The molecule has 7 nitrogen and oxygen atoms in total. The molecule has 0 spiro atoms. The summed E-state index contributed by atoms with van der Waals surface area (Å²) < 4.78 is 1.41. The van der Waals surface area contributed by atoms with E-state index in [0.29, 0.717) is 23.2 Å². The van der Waals surface area contributed by atoms with Crippen molar-refractivity contribution in [3.8, 4) is 5.69 Å². The number of rotatable bonds is 6. The summed E-state index contributed by atoms with van der Waals surface area (Å²) in [5.41, 5.74) is 6.03. The second-order valence-corrected chi connectivity index (χ2v) is 5.03. The summed E-state index contributed by atoms with van der Waals surface area (Å²) in [6.07, 6.45) is 3.50. The van der Waals surface area contributed by atoms with Crippen LogP contribution in [0, 0.1) is 0 Å². The van der Waals surface area contributed by atoms with Crippen molar-refractivity contribution in [3.63, 3.8) is 0 Å². The number of primary amides is 1. The van der Waals surface area contributed by atoms with E-state index in [1.807, 2.05) is 6.92 Å². The van der Waals surface area contributed by atoms with Crippen LogP contribution in [-0.2, 0) is 0 Å². The Bertz CT molecular complexity index is 851. The summed E-state index contributed by atoms with van der Waals surface area (Å²) in [4.78, 5) is 35.6. The van der Waals surface area contributed by atoms with Gasteiger partial charge in [0, 0.05) is 36.6 Å². The van der Waals surface area contributed by atoms with Crippen LogP contribution >= 0.6 is 0 Å². The molecule has 0 atom stereocenters. The van der Waals surface area contributed by atoms with Crippen molar-refractivity contribution in [2.24, 2.45) is 5.73 Å². The van der Waals surface area contributed by atoms with Gasteiger partial charge < -0.3 is 11.1 Å². The summed E-state index contributed by atoms with van der Waals surface area (Å²) in [5, 5.41) is 6.93. The molecule has 1 aromatic carbocycles. The van der Waals surface area contributed by atoms with Gasteiger partial charge in [-0.1, -0.05) is 6.92 Å². The molecule has 1 amide bonds. The summed E-state index contributed by atoms with van der Waals surface area (Å²) in [5.74, 6) is -0.949. The molecule has 0 unspecified atom stereocenters. The lowest BCUT2D eigenvalue weighted by Crippen LogP contribution is -2.22. The highest BCUT2D eigenvalue weighted by Crippen LogP contribution is 2.10. The maximum Gasteiger partial charge on any atom is 0.248 e. The topological polar surface area (TPSA) is 107 Å². The molecular weight excluding hydrogens is 308 g/mol. The smallest absolute Gasteiger partial charge is 0.248 e. The molecule has 24 heavy (non-hydrogen) atoms. The Morgan fingerprint density at radius 2 is 1.92 bits per heavy atom. The normalized spacial score (nSPS) is 11.2. The first-order valence-electron chi connectivity index (χ1n) is 7.39. The Labute approximate surface area is 138 Å². The highest BCUT2D eigenvalue weighted by molar-refractivity contribution is 6.07. The third-order valence-corrected chi connectivity index (χ3v) is 3.43. The molecule has 0 saturated carbocycles. The maximum atomic E-state index is 12.5. The standard InChI is InChI=1S/C17H18N4O3/c1-3-11(10-19-2)16(23)15-14(22)8-9-21(20-15)13-6-4-12(5-7-13)17(18)24/h4-10,19H,3H2,1-2H3,(H2,18,24)/b11-10+. The Morgan fingerprint density at radius 1 is 1.25 bits per heavy atom. The van der Waals surface area contributed by atoms with Crippen LogP contribution in [0.2, 0.25) is 0 Å². The van der Waals surface area contributed by atoms with Gasteiger partial charge in [0.2, 0.25) is 17.1 Å². The lowest BCUT2D eigenvalue weighted by molar-refractivity contribution is 0.0997. The third kappa shape index (κ3) is 3.57. The molecule has 0 aliphatic heterocycles. The van der Waals surface area contributed by atoms with Crippen molar-refractivity contribution in [2.75, 3.05) is 7.05 Å². The fourth-order valence-corrected chi connectivity index (χ4v) is 2.14. The van der Waals surface area contributed by atoms with E-state index in [1.165, 1.54) is 16.9 Å². The number of ketones is 1. The lowest BCUT2D eigenvalue weighted by atomic mass is 10.1. The van der Waals surface area contributed by atoms with Gasteiger partial charge in [-0.25, -0.2) is 4.68 Å². The first kappa shape index (κ1) is 17.1. The van der Waals surface area contributed by atoms with E-state index < -0.39 is 17.1 Å². The molecule has 2 aromatic rings. The van der Waals surface area contributed by atoms with E-state index in [0.717, 1.165) is 0 Å². The first-order chi connectivity index (χ1) is 11.5. The fraction of sp³-hybridized carbons (Fsp3) is 0.176. The summed E-state index contributed by atoms with van der Waals surface area (Å²) in [7, 11) is 1.68. The number of nitrogens with zero attached hydrogens (tertiary/aromatic N) is 2. The number of hydrogen-bond acceptors (Lipinski definition) is 5. The molecule has 1 heterocycles. The van der Waals surface area contributed by atoms with Crippen molar-refractivity contribution >= 4 is 11.7 Å². The highest BCUT2D eigenvalue weighted by Gasteiger charge is 2.17. The Hall–Kier alpha value is -3.22. The number of amides is 1. The van der Waals surface area contributed by atoms with E-state index in [4.69, 9.17) is 5.73 Å². The zero-order valence-corrected chi connectivity index (χ0v) is 13.4. The molecule has 7 heteroatoms. The minimum atomic E-state index is -0.532. The van der Waals surface area contributed by atoms with Crippen LogP contribution in [0.25, 0.3) is 5.69 Å². The zero-order chi connectivity index (χ0) is 17.7. The van der Waals surface area contributed by atoms with Gasteiger partial charge in [-0.2, -0.15) is 5.10 Å². The van der Waals surface area contributed by atoms with E-state index in [9.17, 15) is 14.4 Å². The van der Waals surface area contributed by atoms with E-state index in [2.05, 4.69) is 10.4 Å². The van der Waals surface area contributed by atoms with Gasteiger partial charge in [-0.05, 0) is 30.7 Å². The van der Waals surface area contributed by atoms with Gasteiger partial charge in [-0.3, -0.25) is 14.4 Å². The molecule has 0 saturated heterocycles. The van der Waals surface area contributed by atoms with Gasteiger partial charge in [0.1, 0.15) is 0 Å². The quantitative estimate of drug-likeness (QED) is 0.609. The maximum absolute atomic E-state index is 12.5. The Balaban J connectivity index is 2.45. The van der Waals surface area contributed by atoms with Crippen LogP contribution in [0.4, 0.5) is 0 Å². The first-order valence-corrected chi connectivity index (χ1v) is 7.39. The third-order valence-electron chi connectivity index (χ3n) is 3.43. The molecule has 3 N–H and O–H groups in total. The summed E-state index contributed by atoms with van der Waals surface area (Å²) in [6, 6.07) is 7.66. The zero-order valence-electron chi connectivity index (χ0n) is 13.4. The van der Waals surface area contributed by atoms with Crippen molar-refractivity contribution in [2.45, 2.75) is 13.3 Å². The second-order valence-electron chi connectivity index (χ2n) is 5.03. The van der Waals surface area contributed by atoms with Gasteiger partial charge in [0.25, 0.3) is 0 Å². The molecule has 1 aromatic heterocycles. The minimum absolute atomic E-state index is 0.153. The number of Topliss-reactive ketones (excluding diaryl/α,β-unsaturated/α-hetero) is 1. The van der Waals surface area contributed by atoms with Crippen molar-refractivity contribution in [3.05, 3.63) is 69.8 Å². The molecular formula is C17H18N4O3. The van der Waals surface area contributed by atoms with E-state index >= 15 is 0 Å². The molecule has 0 aliphatic rings. The van der Waals surface area contributed by atoms with E-state index in [-0.39, 0.29) is 5.69 Å². The Morgan fingerprint density at radius 3 is 2.46 bits per heavy atom. The van der Waals surface area contributed by atoms with Gasteiger partial charge in [-0.15, -0.1) is 0 Å². The van der Waals surface area contributed by atoms with Gasteiger partial charge >= 0.3 is 0 Å². The summed E-state index contributed by atoms with van der Waals surface area (Å²) in [6.45, 7) is 1.82. The minimum Gasteiger partial charge on any atom is -0.394 e. The number of benzene rings is 1. The van der Waals surface area contributed by atoms with Crippen LogP contribution in [-0.4, -0.2) is 28.5 Å². The summed E-state index contributed by atoms with van der Waals surface area (Å²) >= 11 is 0. The average molecular weight is 326 g/mol. The molecule has 124 valence electrons. The van der Waals surface area contributed by atoms with Crippen LogP contribution in [0.15, 0.2) is 53.1 Å². The van der Waals surface area contributed by atoms with Crippen LogP contribution in [0.3, 0.4) is 0 Å². The second kappa shape index (κ2) is 7.36. The molecule has 2 rings (SSSR count). The van der Waals surface area contributed by atoms with Gasteiger partial charge in [0.05, 0.1) is 5.69 Å². The highest BCUT2D eigenvalue weighted by atomic mass is 16.1. The molecule has 0 fully saturated rings. The van der Waals surface area contributed by atoms with Crippen molar-refractivity contribution in [1.82, 2.24) is 15.1 Å². The monoisotopic (exact) mass is 326 g/mol. The number of aromatic nitrogens is 2. The predicted molar refractivity (Wildman–Crippen MR) is 90.1 cm³/mol. The number of allylic oxidation sites excluding steroid dienone is 1. The predicted octanol–water partition coefficient (Wildman–Crippen LogP) is 1.03. The largest absolute Gasteiger partial charge is 0.394 e. The van der Waals surface area contributed by atoms with Crippen LogP contribution in [0.1, 0.15) is 34.2 Å². The van der Waals surface area contributed by atoms with Gasteiger partial charge in [0.15, 0.2) is 5.69 Å². The molecule has 0 aliphatic carbocycles. The van der Waals surface area contributed by atoms with Crippen molar-refractivity contribution in [1.29, 1.82) is 0 Å².